The van der Waals surface area contributed by atoms with E-state index in [1.807, 2.05) is 23.9 Å². The van der Waals surface area contributed by atoms with Crippen LogP contribution in [-0.4, -0.2) is 24.7 Å². The van der Waals surface area contributed by atoms with E-state index in [-0.39, 0.29) is 0 Å². The Labute approximate surface area is 116 Å². The Morgan fingerprint density at radius 1 is 1.28 bits per heavy atom. The van der Waals surface area contributed by atoms with Crippen molar-refractivity contribution in [2.45, 2.75) is 38.0 Å². The van der Waals surface area contributed by atoms with Crippen LogP contribution in [-0.2, 0) is 6.54 Å². The molecule has 1 aromatic carbocycles. The Balaban J connectivity index is 2.49. The molecule has 2 nitrogen and oxygen atoms in total. The van der Waals surface area contributed by atoms with Crippen LogP contribution in [0.5, 0.6) is 5.75 Å². The molecule has 102 valence electrons. The van der Waals surface area contributed by atoms with Crippen molar-refractivity contribution in [2.75, 3.05) is 19.9 Å². The van der Waals surface area contributed by atoms with Gasteiger partial charge in [-0.3, -0.25) is 0 Å². The van der Waals surface area contributed by atoms with Gasteiger partial charge in [0.2, 0.25) is 0 Å². The minimum atomic E-state index is 0.374. The highest BCUT2D eigenvalue weighted by molar-refractivity contribution is 8.00. The number of nitrogens with one attached hydrogen (secondary N) is 1. The van der Waals surface area contributed by atoms with E-state index in [1.165, 1.54) is 18.4 Å². The van der Waals surface area contributed by atoms with E-state index in [2.05, 4.69) is 37.6 Å². The third-order valence-corrected chi connectivity index (χ3v) is 5.22. The Morgan fingerprint density at radius 3 is 2.56 bits per heavy atom. The Hall–Kier alpha value is -0.670. The Bertz CT molecular complexity index is 342. The summed E-state index contributed by atoms with van der Waals surface area (Å²) >= 11 is 1.97. The molecule has 3 heteroatoms. The normalized spacial score (nSPS) is 11.6. The fourth-order valence-electron chi connectivity index (χ4n) is 2.08. The van der Waals surface area contributed by atoms with Crippen LogP contribution in [0.1, 0.15) is 32.3 Å². The molecule has 0 amide bonds. The van der Waals surface area contributed by atoms with Crippen LogP contribution >= 0.6 is 11.8 Å². The molecule has 0 atom stereocenters. The molecular formula is C15H25NOS. The van der Waals surface area contributed by atoms with Crippen molar-refractivity contribution in [2.24, 2.45) is 0 Å². The third-order valence-electron chi connectivity index (χ3n) is 3.63. The molecule has 1 N–H and O–H groups in total. The van der Waals surface area contributed by atoms with Gasteiger partial charge in [0, 0.05) is 17.8 Å². The molecule has 0 aliphatic heterocycles. The molecule has 1 aromatic rings. The van der Waals surface area contributed by atoms with Gasteiger partial charge in [-0.1, -0.05) is 26.0 Å². The maximum atomic E-state index is 5.23. The largest absolute Gasteiger partial charge is 0.497 e. The van der Waals surface area contributed by atoms with Gasteiger partial charge >= 0.3 is 0 Å². The molecule has 0 spiro atoms. The fraction of sp³-hybridized carbons (Fsp3) is 0.600. The molecule has 0 saturated carbocycles. The van der Waals surface area contributed by atoms with Gasteiger partial charge in [0.05, 0.1) is 7.11 Å². The number of hydrogen-bond donors (Lipinski definition) is 1. The maximum absolute atomic E-state index is 5.23. The van der Waals surface area contributed by atoms with E-state index in [9.17, 15) is 0 Å². The minimum Gasteiger partial charge on any atom is -0.497 e. The Kier molecular flexibility index (Phi) is 6.58. The number of ether oxygens (including phenoxy) is 1. The average Bonchev–Trinajstić information content (AvgIpc) is 2.44. The highest BCUT2D eigenvalue weighted by atomic mass is 32.2. The molecular weight excluding hydrogens is 242 g/mol. The van der Waals surface area contributed by atoms with Gasteiger partial charge in [-0.05, 0) is 36.8 Å². The SMILES string of the molecule is CCC(CC)(CNCc1cccc(OC)c1)SC. The molecule has 0 aliphatic rings. The van der Waals surface area contributed by atoms with E-state index in [0.717, 1.165) is 18.8 Å². The standard InChI is InChI=1S/C15H25NOS/c1-5-15(6-2,18-4)12-16-11-13-8-7-9-14(10-13)17-3/h7-10,16H,5-6,11-12H2,1-4H3. The van der Waals surface area contributed by atoms with Crippen molar-refractivity contribution in [3.63, 3.8) is 0 Å². The van der Waals surface area contributed by atoms with Gasteiger partial charge in [-0.15, -0.1) is 0 Å². The van der Waals surface area contributed by atoms with Gasteiger partial charge < -0.3 is 10.1 Å². The van der Waals surface area contributed by atoms with Crippen LogP contribution in [0.25, 0.3) is 0 Å². The van der Waals surface area contributed by atoms with Crippen LogP contribution in [0.4, 0.5) is 0 Å². The van der Waals surface area contributed by atoms with Crippen molar-refractivity contribution in [1.29, 1.82) is 0 Å². The lowest BCUT2D eigenvalue weighted by Gasteiger charge is -2.30. The molecule has 0 fully saturated rings. The highest BCUT2D eigenvalue weighted by Gasteiger charge is 2.23. The number of thioether (sulfide) groups is 1. The van der Waals surface area contributed by atoms with E-state index < -0.39 is 0 Å². The molecule has 0 radical (unpaired) electrons. The van der Waals surface area contributed by atoms with Gasteiger partial charge in [-0.25, -0.2) is 0 Å². The second-order valence-corrected chi connectivity index (χ2v) is 5.82. The van der Waals surface area contributed by atoms with Crippen LogP contribution in [0.3, 0.4) is 0 Å². The zero-order valence-corrected chi connectivity index (χ0v) is 12.8. The second kappa shape index (κ2) is 7.70. The minimum absolute atomic E-state index is 0.374. The topological polar surface area (TPSA) is 21.3 Å². The van der Waals surface area contributed by atoms with Crippen molar-refractivity contribution in [3.8, 4) is 5.75 Å². The highest BCUT2D eigenvalue weighted by Crippen LogP contribution is 2.29. The number of methoxy groups -OCH3 is 1. The summed E-state index contributed by atoms with van der Waals surface area (Å²) in [5.41, 5.74) is 1.27. The summed E-state index contributed by atoms with van der Waals surface area (Å²) in [5, 5.41) is 3.57. The van der Waals surface area contributed by atoms with E-state index >= 15 is 0 Å². The predicted octanol–water partition coefficient (Wildman–Crippen LogP) is 3.71. The summed E-state index contributed by atoms with van der Waals surface area (Å²) in [6, 6.07) is 8.24. The quantitative estimate of drug-likeness (QED) is 0.776. The van der Waals surface area contributed by atoms with E-state index in [0.29, 0.717) is 4.75 Å². The molecule has 0 aromatic heterocycles. The first-order chi connectivity index (χ1) is 8.69. The first-order valence-corrected chi connectivity index (χ1v) is 7.81. The average molecular weight is 267 g/mol. The first kappa shape index (κ1) is 15.4. The lowest BCUT2D eigenvalue weighted by molar-refractivity contribution is 0.414. The monoisotopic (exact) mass is 267 g/mol. The summed E-state index contributed by atoms with van der Waals surface area (Å²) in [6.45, 7) is 6.50. The van der Waals surface area contributed by atoms with Crippen LogP contribution < -0.4 is 10.1 Å². The second-order valence-electron chi connectivity index (χ2n) is 4.55. The van der Waals surface area contributed by atoms with E-state index in [1.54, 1.807) is 7.11 Å². The van der Waals surface area contributed by atoms with E-state index in [4.69, 9.17) is 4.74 Å². The molecule has 1 rings (SSSR count). The third kappa shape index (κ3) is 4.21. The lowest BCUT2D eigenvalue weighted by Crippen LogP contribution is -2.36. The van der Waals surface area contributed by atoms with Crippen molar-refractivity contribution >= 4 is 11.8 Å². The zero-order valence-electron chi connectivity index (χ0n) is 12.0. The van der Waals surface area contributed by atoms with Crippen molar-refractivity contribution < 1.29 is 4.74 Å². The van der Waals surface area contributed by atoms with Gasteiger partial charge in [0.25, 0.3) is 0 Å². The van der Waals surface area contributed by atoms with Crippen LogP contribution in [0.2, 0.25) is 0 Å². The summed E-state index contributed by atoms with van der Waals surface area (Å²) in [7, 11) is 1.71. The predicted molar refractivity (Wildman–Crippen MR) is 81.5 cm³/mol. The summed E-state index contributed by atoms with van der Waals surface area (Å²) in [4.78, 5) is 0. The molecule has 0 saturated heterocycles. The maximum Gasteiger partial charge on any atom is 0.119 e. The van der Waals surface area contributed by atoms with Crippen molar-refractivity contribution in [1.82, 2.24) is 5.32 Å². The summed E-state index contributed by atoms with van der Waals surface area (Å²) < 4.78 is 5.61. The summed E-state index contributed by atoms with van der Waals surface area (Å²) in [6.07, 6.45) is 4.62. The summed E-state index contributed by atoms with van der Waals surface area (Å²) in [5.74, 6) is 0.927. The molecule has 18 heavy (non-hydrogen) atoms. The fourth-order valence-corrected chi connectivity index (χ4v) is 2.90. The van der Waals surface area contributed by atoms with Crippen LogP contribution in [0.15, 0.2) is 24.3 Å². The zero-order chi connectivity index (χ0) is 13.4. The van der Waals surface area contributed by atoms with Gasteiger partial charge in [0.15, 0.2) is 0 Å². The Morgan fingerprint density at radius 2 is 2.00 bits per heavy atom. The lowest BCUT2D eigenvalue weighted by atomic mass is 10.0. The molecule has 0 bridgehead atoms. The van der Waals surface area contributed by atoms with Gasteiger partial charge in [-0.2, -0.15) is 11.8 Å². The van der Waals surface area contributed by atoms with Crippen LogP contribution in [0, 0.1) is 0 Å². The number of hydrogen-bond acceptors (Lipinski definition) is 3. The van der Waals surface area contributed by atoms with Crippen molar-refractivity contribution in [3.05, 3.63) is 29.8 Å². The number of benzene rings is 1. The smallest absolute Gasteiger partial charge is 0.119 e. The molecule has 0 unspecified atom stereocenters. The van der Waals surface area contributed by atoms with Gasteiger partial charge in [0.1, 0.15) is 5.75 Å². The number of rotatable bonds is 8. The first-order valence-electron chi connectivity index (χ1n) is 6.58. The molecule has 0 heterocycles. The molecule has 0 aliphatic carbocycles.